The topological polar surface area (TPSA) is 0 Å². The van der Waals surface area contributed by atoms with Crippen LogP contribution in [0, 0.1) is 19.8 Å². The zero-order valence-corrected chi connectivity index (χ0v) is 18.0. The first-order valence-electron chi connectivity index (χ1n) is 10.2. The van der Waals surface area contributed by atoms with E-state index in [2.05, 4.69) is 81.5 Å². The third-order valence-corrected chi connectivity index (χ3v) is 7.31. The first-order chi connectivity index (χ1) is 12.7. The second-order valence-corrected chi connectivity index (χ2v) is 9.78. The molecule has 1 aliphatic carbocycles. The lowest BCUT2D eigenvalue weighted by Gasteiger charge is -2.17. The quantitative estimate of drug-likeness (QED) is 0.439. The van der Waals surface area contributed by atoms with Crippen molar-refractivity contribution in [1.29, 1.82) is 0 Å². The van der Waals surface area contributed by atoms with Gasteiger partial charge < -0.3 is 0 Å². The SMILES string of the molecule is CCCCCC1C=CC([SiH2]c2cc(C)cc(C)c2)=C1Cc1ccccc1. The van der Waals surface area contributed by atoms with Gasteiger partial charge in [0.15, 0.2) is 0 Å². The second-order valence-electron chi connectivity index (χ2n) is 7.85. The van der Waals surface area contributed by atoms with Crippen molar-refractivity contribution in [1.82, 2.24) is 0 Å². The molecule has 1 unspecified atom stereocenters. The van der Waals surface area contributed by atoms with Gasteiger partial charge in [0.2, 0.25) is 0 Å². The minimum Gasteiger partial charge on any atom is -0.0775 e. The van der Waals surface area contributed by atoms with Crippen LogP contribution < -0.4 is 5.19 Å². The van der Waals surface area contributed by atoms with Gasteiger partial charge in [0.25, 0.3) is 0 Å². The number of aryl methyl sites for hydroxylation is 2. The van der Waals surface area contributed by atoms with E-state index in [9.17, 15) is 0 Å². The zero-order chi connectivity index (χ0) is 18.4. The highest BCUT2D eigenvalue weighted by Gasteiger charge is 2.20. The molecule has 0 amide bonds. The largest absolute Gasteiger partial charge is 0.0875 e. The summed E-state index contributed by atoms with van der Waals surface area (Å²) in [5, 5.41) is 3.27. The molecule has 0 saturated heterocycles. The first kappa shape index (κ1) is 18.9. The fraction of sp³-hybridized carbons (Fsp3) is 0.360. The fourth-order valence-corrected chi connectivity index (χ4v) is 6.36. The Kier molecular flexibility index (Phi) is 6.68. The summed E-state index contributed by atoms with van der Waals surface area (Å²) < 4.78 is 0. The van der Waals surface area contributed by atoms with Crippen molar-refractivity contribution in [3.8, 4) is 0 Å². The van der Waals surface area contributed by atoms with Crippen LogP contribution in [0.1, 0.15) is 49.3 Å². The molecular weight excluding hydrogens is 328 g/mol. The van der Waals surface area contributed by atoms with E-state index in [4.69, 9.17) is 0 Å². The third kappa shape index (κ3) is 5.08. The molecule has 0 nitrogen and oxygen atoms in total. The monoisotopic (exact) mass is 360 g/mol. The lowest BCUT2D eigenvalue weighted by Crippen LogP contribution is -2.18. The molecule has 0 heterocycles. The Balaban J connectivity index is 1.84. The van der Waals surface area contributed by atoms with E-state index in [-0.39, 0.29) is 0 Å². The van der Waals surface area contributed by atoms with E-state index in [0.717, 1.165) is 6.42 Å². The van der Waals surface area contributed by atoms with Gasteiger partial charge in [-0.2, -0.15) is 0 Å². The van der Waals surface area contributed by atoms with Crippen molar-refractivity contribution in [2.45, 2.75) is 52.9 Å². The van der Waals surface area contributed by atoms with Crippen molar-refractivity contribution in [3.05, 3.63) is 88.1 Å². The molecule has 0 saturated carbocycles. The van der Waals surface area contributed by atoms with Crippen molar-refractivity contribution >= 4 is 14.7 Å². The van der Waals surface area contributed by atoms with Crippen molar-refractivity contribution in [2.75, 3.05) is 0 Å². The number of allylic oxidation sites excluding steroid dienone is 4. The van der Waals surface area contributed by atoms with Crippen LogP contribution in [-0.4, -0.2) is 9.52 Å². The predicted molar refractivity (Wildman–Crippen MR) is 118 cm³/mol. The van der Waals surface area contributed by atoms with E-state index >= 15 is 0 Å². The van der Waals surface area contributed by atoms with Crippen molar-refractivity contribution in [3.63, 3.8) is 0 Å². The minimum absolute atomic E-state index is 0.409. The zero-order valence-electron chi connectivity index (χ0n) is 16.6. The average Bonchev–Trinajstić information content (AvgIpc) is 2.97. The standard InChI is InChI=1S/C25H32Si/c1-4-5-7-12-22-13-14-25(24(22)18-21-10-8-6-9-11-21)26-23-16-19(2)15-20(3)17-23/h6,8-11,13-17,22H,4-5,7,12,18,26H2,1-3H3. The molecule has 1 aliphatic rings. The van der Waals surface area contributed by atoms with Gasteiger partial charge in [-0.15, -0.1) is 0 Å². The normalized spacial score (nSPS) is 17.0. The van der Waals surface area contributed by atoms with Gasteiger partial charge in [-0.05, 0) is 38.2 Å². The Bertz CT molecular complexity index is 763. The Morgan fingerprint density at radius 2 is 1.65 bits per heavy atom. The Labute approximate surface area is 161 Å². The molecule has 0 radical (unpaired) electrons. The summed E-state index contributed by atoms with van der Waals surface area (Å²) in [6.45, 7) is 6.74. The van der Waals surface area contributed by atoms with E-state index in [1.807, 2.05) is 0 Å². The smallest absolute Gasteiger partial charge is 0.0775 e. The predicted octanol–water partition coefficient (Wildman–Crippen LogP) is 5.36. The van der Waals surface area contributed by atoms with E-state index < -0.39 is 9.52 Å². The van der Waals surface area contributed by atoms with Gasteiger partial charge >= 0.3 is 0 Å². The van der Waals surface area contributed by atoms with Crippen LogP contribution in [0.25, 0.3) is 0 Å². The molecule has 0 spiro atoms. The maximum Gasteiger partial charge on any atom is 0.0875 e. The van der Waals surface area contributed by atoms with Crippen LogP contribution in [0.4, 0.5) is 0 Å². The molecular formula is C25H32Si. The molecule has 3 rings (SSSR count). The number of benzene rings is 2. The Hall–Kier alpha value is -1.86. The van der Waals surface area contributed by atoms with Crippen molar-refractivity contribution in [2.24, 2.45) is 5.92 Å². The Morgan fingerprint density at radius 3 is 2.35 bits per heavy atom. The fourth-order valence-electron chi connectivity index (χ4n) is 4.20. The highest BCUT2D eigenvalue weighted by atomic mass is 28.2. The van der Waals surface area contributed by atoms with Crippen LogP contribution >= 0.6 is 0 Å². The molecule has 0 N–H and O–H groups in total. The Morgan fingerprint density at radius 1 is 0.923 bits per heavy atom. The lowest BCUT2D eigenvalue weighted by molar-refractivity contribution is 0.589. The molecule has 0 bridgehead atoms. The number of hydrogen-bond donors (Lipinski definition) is 0. The second kappa shape index (κ2) is 9.18. The van der Waals surface area contributed by atoms with Gasteiger partial charge in [-0.3, -0.25) is 0 Å². The van der Waals surface area contributed by atoms with Crippen LogP contribution in [-0.2, 0) is 6.42 Å². The molecule has 0 aliphatic heterocycles. The first-order valence-corrected chi connectivity index (χ1v) is 11.6. The molecule has 0 fully saturated rings. The summed E-state index contributed by atoms with van der Waals surface area (Å²) in [6, 6.07) is 18.1. The van der Waals surface area contributed by atoms with E-state index in [1.165, 1.54) is 42.4 Å². The van der Waals surface area contributed by atoms with Crippen LogP contribution in [0.5, 0.6) is 0 Å². The molecule has 1 heteroatoms. The third-order valence-electron chi connectivity index (χ3n) is 5.42. The molecule has 136 valence electrons. The summed E-state index contributed by atoms with van der Waals surface area (Å²) in [7, 11) is -0.409. The van der Waals surface area contributed by atoms with E-state index in [1.54, 1.807) is 16.0 Å². The minimum atomic E-state index is -0.409. The van der Waals surface area contributed by atoms with Crippen LogP contribution in [0.15, 0.2) is 71.5 Å². The number of hydrogen-bond acceptors (Lipinski definition) is 0. The van der Waals surface area contributed by atoms with E-state index in [0.29, 0.717) is 5.92 Å². The molecule has 2 aromatic rings. The summed E-state index contributed by atoms with van der Waals surface area (Å²) in [4.78, 5) is 0. The summed E-state index contributed by atoms with van der Waals surface area (Å²) in [5.41, 5.74) is 5.97. The van der Waals surface area contributed by atoms with Crippen LogP contribution in [0.2, 0.25) is 0 Å². The summed E-state index contributed by atoms with van der Waals surface area (Å²) in [5.74, 6) is 0.662. The van der Waals surface area contributed by atoms with Gasteiger partial charge in [-0.1, -0.05) is 114 Å². The number of rotatable bonds is 8. The molecule has 1 atom stereocenters. The summed E-state index contributed by atoms with van der Waals surface area (Å²) >= 11 is 0. The van der Waals surface area contributed by atoms with Gasteiger partial charge in [-0.25, -0.2) is 0 Å². The van der Waals surface area contributed by atoms with Crippen molar-refractivity contribution < 1.29 is 0 Å². The molecule has 0 aromatic heterocycles. The van der Waals surface area contributed by atoms with Gasteiger partial charge in [0.1, 0.15) is 0 Å². The highest BCUT2D eigenvalue weighted by Crippen LogP contribution is 2.32. The molecule has 2 aromatic carbocycles. The van der Waals surface area contributed by atoms with Gasteiger partial charge in [0, 0.05) is 0 Å². The average molecular weight is 361 g/mol. The maximum atomic E-state index is 2.50. The highest BCUT2D eigenvalue weighted by molar-refractivity contribution is 6.62. The maximum absolute atomic E-state index is 2.50. The van der Waals surface area contributed by atoms with Crippen LogP contribution in [0.3, 0.4) is 0 Å². The number of unbranched alkanes of at least 4 members (excludes halogenated alkanes) is 2. The lowest BCUT2D eigenvalue weighted by atomic mass is 9.91. The molecule has 26 heavy (non-hydrogen) atoms. The summed E-state index contributed by atoms with van der Waals surface area (Å²) in [6.07, 6.45) is 11.4. The van der Waals surface area contributed by atoms with Gasteiger partial charge in [0.05, 0.1) is 9.52 Å².